The van der Waals surface area contributed by atoms with Gasteiger partial charge in [-0.25, -0.2) is 0 Å². The van der Waals surface area contributed by atoms with Crippen molar-refractivity contribution < 1.29 is 4.79 Å². The summed E-state index contributed by atoms with van der Waals surface area (Å²) in [5, 5.41) is 4.05. The lowest BCUT2D eigenvalue weighted by Gasteiger charge is -2.32. The zero-order valence-electron chi connectivity index (χ0n) is 16.2. The van der Waals surface area contributed by atoms with E-state index in [1.165, 1.54) is 16.7 Å². The molecule has 3 nitrogen and oxygen atoms in total. The first-order valence-electron chi connectivity index (χ1n) is 9.89. The Balaban J connectivity index is 1.51. The van der Waals surface area contributed by atoms with Gasteiger partial charge in [-0.15, -0.1) is 0 Å². The van der Waals surface area contributed by atoms with Gasteiger partial charge in [-0.3, -0.25) is 9.69 Å². The Morgan fingerprint density at radius 2 is 1.89 bits per heavy atom. The van der Waals surface area contributed by atoms with Crippen molar-refractivity contribution in [2.24, 2.45) is 5.92 Å². The van der Waals surface area contributed by atoms with E-state index in [1.807, 2.05) is 18.2 Å². The molecule has 0 unspecified atom stereocenters. The van der Waals surface area contributed by atoms with Gasteiger partial charge in [-0.05, 0) is 62.5 Å². The number of amides is 1. The molecule has 1 amide bonds. The maximum absolute atomic E-state index is 12.8. The number of benzene rings is 2. The highest BCUT2D eigenvalue weighted by atomic mass is 35.5. The standard InChI is InChI=1S/C23H29ClN2O/c1-3-22(19-9-7-17(2)8-10-19)25-23(27)20-11-13-26(14-12-20)16-18-5-4-6-21(24)15-18/h4-10,15,20,22H,3,11-14,16H2,1-2H3,(H,25,27)/t22-/m0/s1. The third kappa shape index (κ3) is 5.57. The SMILES string of the molecule is CC[C@H](NC(=O)C1CCN(Cc2cccc(Cl)c2)CC1)c1ccc(C)cc1. The van der Waals surface area contributed by atoms with Crippen molar-refractivity contribution in [2.75, 3.05) is 13.1 Å². The van der Waals surface area contributed by atoms with Gasteiger partial charge in [0.25, 0.3) is 0 Å². The zero-order chi connectivity index (χ0) is 19.2. The minimum absolute atomic E-state index is 0.0996. The fourth-order valence-corrected chi connectivity index (χ4v) is 3.97. The topological polar surface area (TPSA) is 32.3 Å². The highest BCUT2D eigenvalue weighted by Gasteiger charge is 2.26. The van der Waals surface area contributed by atoms with Crippen LogP contribution in [0, 0.1) is 12.8 Å². The Labute approximate surface area is 167 Å². The predicted octanol–water partition coefficient (Wildman–Crippen LogP) is 5.13. The molecule has 2 aromatic rings. The lowest BCUT2D eigenvalue weighted by atomic mass is 9.94. The Bertz CT molecular complexity index is 751. The van der Waals surface area contributed by atoms with Crippen molar-refractivity contribution in [3.8, 4) is 0 Å². The Hall–Kier alpha value is -1.84. The van der Waals surface area contributed by atoms with Crippen LogP contribution in [0.2, 0.25) is 5.02 Å². The second-order valence-corrected chi connectivity index (χ2v) is 8.00. The Morgan fingerprint density at radius 3 is 2.52 bits per heavy atom. The molecule has 1 atom stereocenters. The molecule has 4 heteroatoms. The van der Waals surface area contributed by atoms with Gasteiger partial charge >= 0.3 is 0 Å². The first-order chi connectivity index (χ1) is 13.0. The van der Waals surface area contributed by atoms with Crippen LogP contribution in [0.4, 0.5) is 0 Å². The van der Waals surface area contributed by atoms with Gasteiger partial charge in [-0.1, -0.05) is 60.5 Å². The number of hydrogen-bond donors (Lipinski definition) is 1. The molecule has 0 bridgehead atoms. The summed E-state index contributed by atoms with van der Waals surface area (Å²) < 4.78 is 0. The molecule has 1 fully saturated rings. The molecule has 144 valence electrons. The van der Waals surface area contributed by atoms with Crippen LogP contribution in [-0.4, -0.2) is 23.9 Å². The van der Waals surface area contributed by atoms with Crippen molar-refractivity contribution >= 4 is 17.5 Å². The molecule has 1 N–H and O–H groups in total. The molecular formula is C23H29ClN2O. The number of aryl methyl sites for hydroxylation is 1. The summed E-state index contributed by atoms with van der Waals surface area (Å²) in [5.74, 6) is 0.310. The molecule has 1 saturated heterocycles. The number of halogens is 1. The van der Waals surface area contributed by atoms with Crippen LogP contribution in [0.1, 0.15) is 48.9 Å². The van der Waals surface area contributed by atoms with Crippen molar-refractivity contribution in [2.45, 2.75) is 45.7 Å². The van der Waals surface area contributed by atoms with Gasteiger partial charge in [0.1, 0.15) is 0 Å². The quantitative estimate of drug-likeness (QED) is 0.748. The van der Waals surface area contributed by atoms with Gasteiger partial charge in [-0.2, -0.15) is 0 Å². The van der Waals surface area contributed by atoms with E-state index in [0.717, 1.165) is 43.9 Å². The highest BCUT2D eigenvalue weighted by molar-refractivity contribution is 6.30. The molecule has 27 heavy (non-hydrogen) atoms. The minimum Gasteiger partial charge on any atom is -0.349 e. The van der Waals surface area contributed by atoms with Crippen molar-refractivity contribution in [1.82, 2.24) is 10.2 Å². The number of piperidine rings is 1. The molecule has 0 radical (unpaired) electrons. The summed E-state index contributed by atoms with van der Waals surface area (Å²) in [6.07, 6.45) is 2.73. The number of likely N-dealkylation sites (tertiary alicyclic amines) is 1. The smallest absolute Gasteiger partial charge is 0.223 e. The summed E-state index contributed by atoms with van der Waals surface area (Å²) in [7, 11) is 0. The van der Waals surface area contributed by atoms with Gasteiger partial charge in [0.15, 0.2) is 0 Å². The Kier molecular flexibility index (Phi) is 6.92. The van der Waals surface area contributed by atoms with Crippen LogP contribution < -0.4 is 5.32 Å². The fraction of sp³-hybridized carbons (Fsp3) is 0.435. The van der Waals surface area contributed by atoms with E-state index in [0.29, 0.717) is 0 Å². The fourth-order valence-electron chi connectivity index (χ4n) is 3.76. The molecule has 1 heterocycles. The van der Waals surface area contributed by atoms with E-state index in [-0.39, 0.29) is 17.9 Å². The summed E-state index contributed by atoms with van der Waals surface area (Å²) >= 11 is 6.08. The van der Waals surface area contributed by atoms with Crippen molar-refractivity contribution in [1.29, 1.82) is 0 Å². The largest absolute Gasteiger partial charge is 0.349 e. The lowest BCUT2D eigenvalue weighted by Crippen LogP contribution is -2.41. The molecule has 1 aliphatic heterocycles. The predicted molar refractivity (Wildman–Crippen MR) is 112 cm³/mol. The maximum Gasteiger partial charge on any atom is 0.223 e. The number of rotatable bonds is 6. The second kappa shape index (κ2) is 9.38. The number of nitrogens with one attached hydrogen (secondary N) is 1. The Morgan fingerprint density at radius 1 is 1.19 bits per heavy atom. The number of carbonyl (C=O) groups excluding carboxylic acids is 1. The van der Waals surface area contributed by atoms with E-state index in [4.69, 9.17) is 11.6 Å². The lowest BCUT2D eigenvalue weighted by molar-refractivity contribution is -0.127. The van der Waals surface area contributed by atoms with E-state index in [9.17, 15) is 4.79 Å². The first-order valence-corrected chi connectivity index (χ1v) is 10.3. The zero-order valence-corrected chi connectivity index (χ0v) is 17.0. The minimum atomic E-state index is 0.0996. The molecular weight excluding hydrogens is 356 g/mol. The number of hydrogen-bond acceptors (Lipinski definition) is 2. The summed E-state index contributed by atoms with van der Waals surface area (Å²) in [5.41, 5.74) is 3.66. The molecule has 0 saturated carbocycles. The van der Waals surface area contributed by atoms with E-state index >= 15 is 0 Å². The van der Waals surface area contributed by atoms with Crippen molar-refractivity contribution in [3.05, 3.63) is 70.2 Å². The van der Waals surface area contributed by atoms with Gasteiger partial charge < -0.3 is 5.32 Å². The molecule has 1 aliphatic rings. The molecule has 0 aliphatic carbocycles. The van der Waals surface area contributed by atoms with E-state index in [1.54, 1.807) is 0 Å². The van der Waals surface area contributed by atoms with Gasteiger partial charge in [0.2, 0.25) is 5.91 Å². The van der Waals surface area contributed by atoms with E-state index < -0.39 is 0 Å². The number of carbonyl (C=O) groups is 1. The average molecular weight is 385 g/mol. The van der Waals surface area contributed by atoms with Gasteiger partial charge in [0.05, 0.1) is 6.04 Å². The van der Waals surface area contributed by atoms with Crippen LogP contribution in [-0.2, 0) is 11.3 Å². The van der Waals surface area contributed by atoms with Crippen LogP contribution >= 0.6 is 11.6 Å². The normalized spacial score (nSPS) is 16.9. The van der Waals surface area contributed by atoms with Crippen LogP contribution in [0.25, 0.3) is 0 Å². The molecule has 0 spiro atoms. The average Bonchev–Trinajstić information content (AvgIpc) is 2.67. The summed E-state index contributed by atoms with van der Waals surface area (Å²) in [6.45, 7) is 7.01. The third-order valence-electron chi connectivity index (χ3n) is 5.46. The molecule has 0 aromatic heterocycles. The second-order valence-electron chi connectivity index (χ2n) is 7.56. The highest BCUT2D eigenvalue weighted by Crippen LogP contribution is 2.23. The van der Waals surface area contributed by atoms with Crippen LogP contribution in [0.3, 0.4) is 0 Å². The van der Waals surface area contributed by atoms with Gasteiger partial charge in [0, 0.05) is 17.5 Å². The third-order valence-corrected chi connectivity index (χ3v) is 5.69. The maximum atomic E-state index is 12.8. The monoisotopic (exact) mass is 384 g/mol. The number of nitrogens with zero attached hydrogens (tertiary/aromatic N) is 1. The van der Waals surface area contributed by atoms with Crippen LogP contribution in [0.5, 0.6) is 0 Å². The molecule has 2 aromatic carbocycles. The van der Waals surface area contributed by atoms with Crippen LogP contribution in [0.15, 0.2) is 48.5 Å². The van der Waals surface area contributed by atoms with E-state index in [2.05, 4.69) is 54.4 Å². The van der Waals surface area contributed by atoms with Crippen molar-refractivity contribution in [3.63, 3.8) is 0 Å². The summed E-state index contributed by atoms with van der Waals surface area (Å²) in [4.78, 5) is 15.2. The molecule has 3 rings (SSSR count). The summed E-state index contributed by atoms with van der Waals surface area (Å²) in [6, 6.07) is 16.6. The first kappa shape index (κ1) is 19.9.